The van der Waals surface area contributed by atoms with Crippen LogP contribution >= 0.6 is 24.0 Å². The average Bonchev–Trinajstić information content (AvgIpc) is 2.28. The number of ether oxygens (including phenoxy) is 1. The van der Waals surface area contributed by atoms with Gasteiger partial charge >= 0.3 is 0 Å². The van der Waals surface area contributed by atoms with Crippen LogP contribution < -0.4 is 5.73 Å². The summed E-state index contributed by atoms with van der Waals surface area (Å²) in [7, 11) is -0.865. The zero-order chi connectivity index (χ0) is 12.9. The highest BCUT2D eigenvalue weighted by Gasteiger charge is 2.18. The summed E-state index contributed by atoms with van der Waals surface area (Å²) in [6.45, 7) is 9.41. The minimum absolute atomic E-state index is 0. The van der Waals surface area contributed by atoms with Crippen molar-refractivity contribution in [1.29, 1.82) is 0 Å². The van der Waals surface area contributed by atoms with Gasteiger partial charge in [-0.3, -0.25) is 9.20 Å². The second-order valence-corrected chi connectivity index (χ2v) is 7.33. The molecule has 0 spiro atoms. The summed E-state index contributed by atoms with van der Waals surface area (Å²) in [4.78, 5) is 6.28. The van der Waals surface area contributed by atoms with Gasteiger partial charge in [-0.1, -0.05) is 0 Å². The molecule has 1 aliphatic rings. The maximum atomic E-state index is 11.8. The van der Waals surface area contributed by atoms with Crippen LogP contribution in [0.25, 0.3) is 0 Å². The van der Waals surface area contributed by atoms with Gasteiger partial charge in [-0.15, -0.1) is 24.0 Å². The lowest BCUT2D eigenvalue weighted by molar-refractivity contribution is 0.0674. The highest BCUT2D eigenvalue weighted by atomic mass is 127. The Labute approximate surface area is 129 Å². The Morgan fingerprint density at radius 2 is 1.94 bits per heavy atom. The number of nitrogens with two attached hydrogens (primary N) is 1. The number of morpholine rings is 1. The molecule has 0 bridgehead atoms. The molecule has 5 nitrogen and oxygen atoms in total. The van der Waals surface area contributed by atoms with E-state index in [2.05, 4.69) is 4.99 Å². The van der Waals surface area contributed by atoms with E-state index in [0.29, 0.717) is 31.5 Å². The maximum Gasteiger partial charge on any atom is 0.191 e. The van der Waals surface area contributed by atoms with Gasteiger partial charge in [0.1, 0.15) is 0 Å². The smallest absolute Gasteiger partial charge is 0.191 e. The zero-order valence-corrected chi connectivity index (χ0v) is 14.5. The fourth-order valence-electron chi connectivity index (χ4n) is 1.44. The van der Waals surface area contributed by atoms with Crippen molar-refractivity contribution in [1.82, 2.24) is 4.90 Å². The van der Waals surface area contributed by atoms with Gasteiger partial charge in [0, 0.05) is 34.4 Å². The molecule has 0 aromatic carbocycles. The van der Waals surface area contributed by atoms with Gasteiger partial charge in [-0.2, -0.15) is 0 Å². The van der Waals surface area contributed by atoms with Crippen LogP contribution in [0.3, 0.4) is 0 Å². The molecule has 0 amide bonds. The maximum absolute atomic E-state index is 11.8. The first-order valence-corrected chi connectivity index (χ1v) is 7.24. The Kier molecular flexibility index (Phi) is 8.37. The lowest BCUT2D eigenvalue weighted by atomic mass is 10.3. The third-order valence-electron chi connectivity index (χ3n) is 2.57. The second-order valence-electron chi connectivity index (χ2n) is 5.00. The van der Waals surface area contributed by atoms with Crippen LogP contribution in [0.4, 0.5) is 0 Å². The van der Waals surface area contributed by atoms with Crippen molar-refractivity contribution in [2.75, 3.05) is 38.6 Å². The van der Waals surface area contributed by atoms with Gasteiger partial charge in [0.2, 0.25) is 0 Å². The van der Waals surface area contributed by atoms with Crippen molar-refractivity contribution < 1.29 is 8.95 Å². The normalized spacial score (nSPS) is 19.3. The molecule has 0 radical (unpaired) electrons. The molecule has 2 N–H and O–H groups in total. The molecule has 1 heterocycles. The Balaban J connectivity index is 0.00000289. The predicted molar refractivity (Wildman–Crippen MR) is 87.1 cm³/mol. The van der Waals surface area contributed by atoms with Gasteiger partial charge in [0.25, 0.3) is 0 Å². The van der Waals surface area contributed by atoms with E-state index in [1.165, 1.54) is 0 Å². The number of guanidine groups is 1. The predicted octanol–water partition coefficient (Wildman–Crippen LogP) is 0.799. The van der Waals surface area contributed by atoms with Gasteiger partial charge < -0.3 is 15.4 Å². The number of hydrogen-bond acceptors (Lipinski definition) is 3. The monoisotopic (exact) mass is 389 g/mol. The van der Waals surface area contributed by atoms with Crippen molar-refractivity contribution in [3.8, 4) is 0 Å². The van der Waals surface area contributed by atoms with E-state index >= 15 is 0 Å². The van der Waals surface area contributed by atoms with Crippen LogP contribution in [0.2, 0.25) is 0 Å². The number of hydrogen-bond donors (Lipinski definition) is 1. The van der Waals surface area contributed by atoms with Crippen molar-refractivity contribution >= 4 is 40.7 Å². The highest BCUT2D eigenvalue weighted by molar-refractivity contribution is 14.0. The number of aliphatic imine (C=N–C) groups is 1. The molecule has 0 aromatic heterocycles. The summed E-state index contributed by atoms with van der Waals surface area (Å²) < 4.78 is 16.8. The van der Waals surface area contributed by atoms with Crippen LogP contribution in [-0.2, 0) is 15.5 Å². The molecule has 1 unspecified atom stereocenters. The third kappa shape index (κ3) is 6.33. The number of rotatable bonds is 3. The van der Waals surface area contributed by atoms with Crippen molar-refractivity contribution in [3.05, 3.63) is 0 Å². The summed E-state index contributed by atoms with van der Waals surface area (Å²) in [6.07, 6.45) is 0. The molecule has 1 fully saturated rings. The quantitative estimate of drug-likeness (QED) is 0.441. The Morgan fingerprint density at radius 3 is 2.44 bits per heavy atom. The molecule has 0 aliphatic carbocycles. The first-order valence-electron chi connectivity index (χ1n) is 5.92. The van der Waals surface area contributed by atoms with Gasteiger partial charge in [0.05, 0.1) is 19.8 Å². The largest absolute Gasteiger partial charge is 0.378 e. The average molecular weight is 389 g/mol. The minimum Gasteiger partial charge on any atom is -0.378 e. The Bertz CT molecular complexity index is 299. The van der Waals surface area contributed by atoms with Gasteiger partial charge in [0.15, 0.2) is 5.96 Å². The van der Waals surface area contributed by atoms with Gasteiger partial charge in [-0.05, 0) is 20.8 Å². The molecule has 1 rings (SSSR count). The third-order valence-corrected chi connectivity index (χ3v) is 4.49. The topological polar surface area (TPSA) is 67.9 Å². The summed E-state index contributed by atoms with van der Waals surface area (Å²) in [5.74, 6) is 1.10. The second kappa shape index (κ2) is 8.31. The standard InChI is InChI=1S/C11H23N3O2S.HI/c1-11(2,3)17(15)9-4-13-10(12)14-5-7-16-8-6-14;/h4-9H2,1-3H3,(H2,12,13);1H. The van der Waals surface area contributed by atoms with Gasteiger partial charge in [-0.25, -0.2) is 0 Å². The molecular weight excluding hydrogens is 365 g/mol. The Hall–Kier alpha value is 0.110. The lowest BCUT2D eigenvalue weighted by Gasteiger charge is -2.27. The van der Waals surface area contributed by atoms with E-state index in [4.69, 9.17) is 10.5 Å². The van der Waals surface area contributed by atoms with Crippen LogP contribution in [0.1, 0.15) is 20.8 Å². The molecular formula is C11H24IN3O2S. The van der Waals surface area contributed by atoms with E-state index in [0.717, 1.165) is 13.1 Å². The first kappa shape index (κ1) is 18.1. The summed E-state index contributed by atoms with van der Waals surface area (Å²) in [6, 6.07) is 0. The van der Waals surface area contributed by atoms with Crippen LogP contribution in [-0.4, -0.2) is 58.4 Å². The van der Waals surface area contributed by atoms with E-state index in [1.54, 1.807) is 0 Å². The molecule has 0 saturated carbocycles. The fraction of sp³-hybridized carbons (Fsp3) is 0.909. The highest BCUT2D eigenvalue weighted by Crippen LogP contribution is 2.10. The summed E-state index contributed by atoms with van der Waals surface area (Å²) in [5.41, 5.74) is 5.87. The van der Waals surface area contributed by atoms with Crippen LogP contribution in [0.5, 0.6) is 0 Å². The van der Waals surface area contributed by atoms with E-state index < -0.39 is 10.8 Å². The molecule has 18 heavy (non-hydrogen) atoms. The summed E-state index contributed by atoms with van der Waals surface area (Å²) >= 11 is 0. The fourth-order valence-corrected chi connectivity index (χ4v) is 2.31. The molecule has 108 valence electrons. The number of nitrogens with zero attached hydrogens (tertiary/aromatic N) is 2. The minimum atomic E-state index is -0.865. The lowest BCUT2D eigenvalue weighted by Crippen LogP contribution is -2.45. The first-order chi connectivity index (χ1) is 7.91. The molecule has 1 aliphatic heterocycles. The van der Waals surface area contributed by atoms with E-state index in [-0.39, 0.29) is 28.7 Å². The van der Waals surface area contributed by atoms with Crippen LogP contribution in [0, 0.1) is 0 Å². The van der Waals surface area contributed by atoms with Crippen LogP contribution in [0.15, 0.2) is 4.99 Å². The van der Waals surface area contributed by atoms with Crippen molar-refractivity contribution in [2.45, 2.75) is 25.5 Å². The number of halogens is 1. The van der Waals surface area contributed by atoms with E-state index in [1.807, 2.05) is 25.7 Å². The van der Waals surface area contributed by atoms with Crippen molar-refractivity contribution in [2.24, 2.45) is 10.7 Å². The SMILES string of the molecule is CC(C)(C)S(=O)CCN=C(N)N1CCOCC1.I. The van der Waals surface area contributed by atoms with E-state index in [9.17, 15) is 4.21 Å². The summed E-state index contributed by atoms with van der Waals surface area (Å²) in [5, 5.41) is 0. The Morgan fingerprint density at radius 1 is 1.39 bits per heavy atom. The van der Waals surface area contributed by atoms with Crippen molar-refractivity contribution in [3.63, 3.8) is 0 Å². The molecule has 1 saturated heterocycles. The molecule has 1 atom stereocenters. The molecule has 0 aromatic rings. The molecule has 7 heteroatoms. The zero-order valence-electron chi connectivity index (χ0n) is 11.3.